The van der Waals surface area contributed by atoms with Crippen molar-refractivity contribution < 1.29 is 0 Å². The van der Waals surface area contributed by atoms with Crippen molar-refractivity contribution in [1.82, 2.24) is 0 Å². The largest absolute Gasteiger partial charge is 0.0622 e. The molecule has 0 saturated carbocycles. The van der Waals surface area contributed by atoms with E-state index in [0.717, 1.165) is 0 Å². The summed E-state index contributed by atoms with van der Waals surface area (Å²) in [5, 5.41) is 0. The highest BCUT2D eigenvalue weighted by molar-refractivity contribution is 6.08. The van der Waals surface area contributed by atoms with E-state index in [1.54, 1.807) is 0 Å². The summed E-state index contributed by atoms with van der Waals surface area (Å²) in [4.78, 5) is 0. The van der Waals surface area contributed by atoms with Crippen molar-refractivity contribution in [3.8, 4) is 89.0 Å². The van der Waals surface area contributed by atoms with E-state index in [-0.39, 0.29) is 0 Å². The molecule has 48 heavy (non-hydrogen) atoms. The van der Waals surface area contributed by atoms with Crippen molar-refractivity contribution in [2.75, 3.05) is 0 Å². The van der Waals surface area contributed by atoms with Crippen molar-refractivity contribution in [2.45, 2.75) is 0 Å². The van der Waals surface area contributed by atoms with E-state index in [0.29, 0.717) is 0 Å². The van der Waals surface area contributed by atoms with Crippen LogP contribution in [0.1, 0.15) is 0 Å². The quantitative estimate of drug-likeness (QED) is 0.186. The third-order valence-corrected chi connectivity index (χ3v) is 9.67. The van der Waals surface area contributed by atoms with Crippen LogP contribution in [0.2, 0.25) is 0 Å². The first-order valence-corrected chi connectivity index (χ1v) is 16.6. The molecule has 0 amide bonds. The molecular weight excluding hydrogens is 577 g/mol. The van der Waals surface area contributed by atoms with Crippen LogP contribution in [0.4, 0.5) is 0 Å². The first kappa shape index (κ1) is 28.0. The van der Waals surface area contributed by atoms with E-state index in [1.165, 1.54) is 89.0 Å². The molecule has 0 radical (unpaired) electrons. The van der Waals surface area contributed by atoms with Gasteiger partial charge in [-0.05, 0) is 113 Å². The Labute approximate surface area is 282 Å². The zero-order valence-electron chi connectivity index (χ0n) is 26.5. The summed E-state index contributed by atoms with van der Waals surface area (Å²) in [7, 11) is 0. The van der Waals surface area contributed by atoms with Gasteiger partial charge >= 0.3 is 0 Å². The van der Waals surface area contributed by atoms with Crippen LogP contribution in [-0.2, 0) is 0 Å². The fourth-order valence-corrected chi connectivity index (χ4v) is 7.42. The molecule has 1 aliphatic carbocycles. The number of fused-ring (bicyclic) bond motifs is 8. The maximum Gasteiger partial charge on any atom is -0.00923 e. The van der Waals surface area contributed by atoms with Gasteiger partial charge in [-0.25, -0.2) is 0 Å². The van der Waals surface area contributed by atoms with Gasteiger partial charge in [-0.2, -0.15) is 0 Å². The highest BCUT2D eigenvalue weighted by Gasteiger charge is 2.25. The van der Waals surface area contributed by atoms with Gasteiger partial charge in [-0.3, -0.25) is 0 Å². The van der Waals surface area contributed by atoms with Crippen molar-refractivity contribution >= 4 is 0 Å². The maximum atomic E-state index is 2.43. The van der Waals surface area contributed by atoms with Crippen LogP contribution in [-0.4, -0.2) is 0 Å². The van der Waals surface area contributed by atoms with Gasteiger partial charge in [0.05, 0.1) is 0 Å². The molecule has 0 heteroatoms. The molecule has 1 aliphatic rings. The minimum atomic E-state index is 1.21. The van der Waals surface area contributed by atoms with Gasteiger partial charge in [0.2, 0.25) is 0 Å². The Hall–Kier alpha value is -6.24. The Kier molecular flexibility index (Phi) is 6.91. The van der Waals surface area contributed by atoms with Crippen LogP contribution < -0.4 is 0 Å². The van der Waals surface area contributed by atoms with Crippen LogP contribution in [0.3, 0.4) is 0 Å². The van der Waals surface area contributed by atoms with Crippen molar-refractivity contribution in [3.63, 3.8) is 0 Å². The number of benzene rings is 8. The molecule has 0 spiro atoms. The molecular formula is C48H32. The molecule has 0 N–H and O–H groups in total. The zero-order chi connectivity index (χ0) is 31.9. The summed E-state index contributed by atoms with van der Waals surface area (Å²) in [6, 6.07) is 70.9. The number of hydrogen-bond donors (Lipinski definition) is 0. The Balaban J connectivity index is 1.41. The number of hydrogen-bond acceptors (Lipinski definition) is 0. The molecule has 0 unspecified atom stereocenters. The monoisotopic (exact) mass is 608 g/mol. The third kappa shape index (κ3) is 4.78. The third-order valence-electron chi connectivity index (χ3n) is 9.67. The molecule has 224 valence electrons. The van der Waals surface area contributed by atoms with E-state index < -0.39 is 0 Å². The van der Waals surface area contributed by atoms with Crippen LogP contribution in [0.25, 0.3) is 89.0 Å². The zero-order valence-corrected chi connectivity index (χ0v) is 26.5. The predicted molar refractivity (Wildman–Crippen MR) is 203 cm³/mol. The molecule has 0 saturated heterocycles. The summed E-state index contributed by atoms with van der Waals surface area (Å²) in [6.45, 7) is 0. The minimum Gasteiger partial charge on any atom is -0.0622 e. The molecule has 0 atom stereocenters. The maximum absolute atomic E-state index is 2.43. The van der Waals surface area contributed by atoms with E-state index in [1.807, 2.05) is 0 Å². The molecule has 8 aromatic carbocycles. The van der Waals surface area contributed by atoms with Crippen molar-refractivity contribution in [2.24, 2.45) is 0 Å². The SMILES string of the molecule is c1ccc(-c2cc3c(cc2-c2ccccc2)-c2ccccc2-c2cc(-c4ccccc4)c(-c4ccccc4)cc2-c2ccccc2-3)cc1. The summed E-state index contributed by atoms with van der Waals surface area (Å²) < 4.78 is 0. The Morgan fingerprint density at radius 1 is 0.146 bits per heavy atom. The normalized spacial score (nSPS) is 11.3. The molecule has 0 bridgehead atoms. The molecule has 0 aliphatic heterocycles. The van der Waals surface area contributed by atoms with E-state index in [4.69, 9.17) is 0 Å². The lowest BCUT2D eigenvalue weighted by Crippen LogP contribution is -2.00. The lowest BCUT2D eigenvalue weighted by atomic mass is 9.77. The molecule has 0 fully saturated rings. The standard InChI is InChI=1S/C48H32/c1-5-17-33(18-6-1)41-29-45-37-25-13-14-26-38(37)47-31-43(35-21-9-3-10-22-35)44(36-23-11-4-12-24-36)32-48(47)40-28-16-15-27-39(40)46(45)30-42(41)34-19-7-2-8-20-34/h1-32H. The van der Waals surface area contributed by atoms with Gasteiger partial charge in [0, 0.05) is 0 Å². The Bertz CT molecular complexity index is 2060. The second kappa shape index (κ2) is 11.8. The van der Waals surface area contributed by atoms with Gasteiger partial charge in [-0.15, -0.1) is 0 Å². The predicted octanol–water partition coefficient (Wildman–Crippen LogP) is 13.3. The first-order valence-electron chi connectivity index (χ1n) is 16.6. The van der Waals surface area contributed by atoms with Gasteiger partial charge in [0.25, 0.3) is 0 Å². The average Bonchev–Trinajstić information content (AvgIpc) is 3.18. The average molecular weight is 609 g/mol. The molecule has 8 aromatic rings. The van der Waals surface area contributed by atoms with E-state index in [9.17, 15) is 0 Å². The smallest absolute Gasteiger partial charge is 0.00923 e. The van der Waals surface area contributed by atoms with Gasteiger partial charge in [0.1, 0.15) is 0 Å². The Morgan fingerprint density at radius 3 is 0.542 bits per heavy atom. The van der Waals surface area contributed by atoms with Crippen LogP contribution in [0.15, 0.2) is 194 Å². The minimum absolute atomic E-state index is 1.21. The van der Waals surface area contributed by atoms with Gasteiger partial charge in [-0.1, -0.05) is 170 Å². The topological polar surface area (TPSA) is 0 Å². The summed E-state index contributed by atoms with van der Waals surface area (Å²) in [6.07, 6.45) is 0. The van der Waals surface area contributed by atoms with Crippen molar-refractivity contribution in [1.29, 1.82) is 0 Å². The highest BCUT2D eigenvalue weighted by atomic mass is 14.3. The second-order valence-electron chi connectivity index (χ2n) is 12.4. The van der Waals surface area contributed by atoms with Gasteiger partial charge < -0.3 is 0 Å². The lowest BCUT2D eigenvalue weighted by molar-refractivity contribution is 1.50. The molecule has 0 nitrogen and oxygen atoms in total. The summed E-state index contributed by atoms with van der Waals surface area (Å²) in [5.41, 5.74) is 19.7. The van der Waals surface area contributed by atoms with Crippen molar-refractivity contribution in [3.05, 3.63) is 194 Å². The fourth-order valence-electron chi connectivity index (χ4n) is 7.42. The van der Waals surface area contributed by atoms with Crippen LogP contribution in [0.5, 0.6) is 0 Å². The van der Waals surface area contributed by atoms with E-state index in [2.05, 4.69) is 194 Å². The Morgan fingerprint density at radius 2 is 0.333 bits per heavy atom. The fraction of sp³-hybridized carbons (Fsp3) is 0. The van der Waals surface area contributed by atoms with E-state index >= 15 is 0 Å². The molecule has 9 rings (SSSR count). The second-order valence-corrected chi connectivity index (χ2v) is 12.4. The van der Waals surface area contributed by atoms with Gasteiger partial charge in [0.15, 0.2) is 0 Å². The van der Waals surface area contributed by atoms with Crippen LogP contribution in [0, 0.1) is 0 Å². The first-order chi connectivity index (χ1) is 23.8. The molecule has 0 heterocycles. The van der Waals surface area contributed by atoms with Crippen LogP contribution >= 0.6 is 0 Å². The lowest BCUT2D eigenvalue weighted by Gasteiger charge is -2.26. The molecule has 0 aromatic heterocycles. The number of rotatable bonds is 4. The summed E-state index contributed by atoms with van der Waals surface area (Å²) >= 11 is 0. The highest BCUT2D eigenvalue weighted by Crippen LogP contribution is 2.52. The summed E-state index contributed by atoms with van der Waals surface area (Å²) in [5.74, 6) is 0.